The largest absolute Gasteiger partial charge is 0.382 e. The van der Waals surface area contributed by atoms with Crippen molar-refractivity contribution < 1.29 is 4.21 Å². The number of benzene rings is 2. The predicted octanol–water partition coefficient (Wildman–Crippen LogP) is 0.491. The summed E-state index contributed by atoms with van der Waals surface area (Å²) >= 11 is 0. The fourth-order valence-electron chi connectivity index (χ4n) is 3.72. The van der Waals surface area contributed by atoms with Crippen molar-refractivity contribution in [2.24, 2.45) is 27.6 Å². The molecular weight excluding hydrogens is 388 g/mol. The standard InChI is InChI=1S/C19H26N8OS/c20-18(25-26-23)17-15(2-1-3-16(17)29(24)28)14-6-4-12(5-7-14)13-8-10-27(11-9-13)19(21)22/h1-7,13,26H,8-11,23-24H2,(H2,20,25)(H3,21,22). The summed E-state index contributed by atoms with van der Waals surface area (Å²) in [6.07, 6.45) is 1.90. The van der Waals surface area contributed by atoms with Gasteiger partial charge in [0.1, 0.15) is 11.0 Å². The van der Waals surface area contributed by atoms with Crippen LogP contribution in [0.1, 0.15) is 29.9 Å². The maximum absolute atomic E-state index is 12.0. The van der Waals surface area contributed by atoms with Gasteiger partial charge >= 0.3 is 0 Å². The minimum Gasteiger partial charge on any atom is -0.382 e. The molecule has 1 fully saturated rings. The van der Waals surface area contributed by atoms with E-state index >= 15 is 0 Å². The van der Waals surface area contributed by atoms with Crippen LogP contribution in [0.3, 0.4) is 0 Å². The van der Waals surface area contributed by atoms with Crippen LogP contribution < -0.4 is 28.0 Å². The molecule has 0 amide bonds. The molecule has 154 valence electrons. The number of hydrogen-bond donors (Lipinski definition) is 6. The SMILES string of the molecule is N=C(N)N1CCC(c2ccc(-c3cccc(S(N)=O)c3/C(N)=N/NN)cc2)CC1. The monoisotopic (exact) mass is 414 g/mol. The summed E-state index contributed by atoms with van der Waals surface area (Å²) in [7, 11) is -1.73. The number of hydrogen-bond acceptors (Lipinski definition) is 5. The first-order chi connectivity index (χ1) is 13.9. The molecular formula is C19H26N8OS. The van der Waals surface area contributed by atoms with Gasteiger partial charge in [-0.2, -0.15) is 0 Å². The first-order valence-electron chi connectivity index (χ1n) is 9.20. The molecule has 1 aliphatic rings. The number of nitrogens with two attached hydrogens (primary N) is 4. The molecule has 0 spiro atoms. The predicted molar refractivity (Wildman–Crippen MR) is 116 cm³/mol. The van der Waals surface area contributed by atoms with Gasteiger partial charge in [0, 0.05) is 18.7 Å². The zero-order valence-electron chi connectivity index (χ0n) is 16.0. The quantitative estimate of drug-likeness (QED) is 0.180. The van der Waals surface area contributed by atoms with Crippen molar-refractivity contribution >= 4 is 22.8 Å². The van der Waals surface area contributed by atoms with Crippen molar-refractivity contribution in [2.45, 2.75) is 23.7 Å². The fraction of sp³-hybridized carbons (Fsp3) is 0.263. The van der Waals surface area contributed by atoms with Gasteiger partial charge in [-0.15, -0.1) is 5.10 Å². The summed E-state index contributed by atoms with van der Waals surface area (Å²) in [5, 5.41) is 17.0. The third kappa shape index (κ3) is 4.56. The van der Waals surface area contributed by atoms with Crippen LogP contribution in [0.5, 0.6) is 0 Å². The van der Waals surface area contributed by atoms with Gasteiger partial charge in [0.15, 0.2) is 11.8 Å². The highest BCUT2D eigenvalue weighted by Crippen LogP contribution is 2.32. The third-order valence-electron chi connectivity index (χ3n) is 5.21. The normalized spacial score (nSPS) is 16.5. The van der Waals surface area contributed by atoms with Crippen molar-refractivity contribution in [2.75, 3.05) is 13.1 Å². The highest BCUT2D eigenvalue weighted by molar-refractivity contribution is 7.82. The zero-order valence-corrected chi connectivity index (χ0v) is 16.8. The lowest BCUT2D eigenvalue weighted by Crippen LogP contribution is -2.41. The number of rotatable bonds is 5. The Labute approximate surface area is 172 Å². The van der Waals surface area contributed by atoms with Crippen LogP contribution in [-0.2, 0) is 11.0 Å². The van der Waals surface area contributed by atoms with Crippen LogP contribution in [0.25, 0.3) is 11.1 Å². The van der Waals surface area contributed by atoms with Crippen molar-refractivity contribution in [1.29, 1.82) is 5.41 Å². The molecule has 10 heteroatoms. The van der Waals surface area contributed by atoms with E-state index in [1.165, 1.54) is 5.56 Å². The maximum atomic E-state index is 12.0. The van der Waals surface area contributed by atoms with E-state index in [1.54, 1.807) is 12.1 Å². The Bertz CT molecular complexity index is 936. The molecule has 1 aliphatic heterocycles. The highest BCUT2D eigenvalue weighted by Gasteiger charge is 2.22. The van der Waals surface area contributed by atoms with Gasteiger partial charge in [-0.25, -0.2) is 20.7 Å². The average Bonchev–Trinajstić information content (AvgIpc) is 2.73. The first-order valence-corrected chi connectivity index (χ1v) is 10.4. The Hall–Kier alpha value is -2.95. The Kier molecular flexibility index (Phi) is 6.47. The number of piperidine rings is 1. The van der Waals surface area contributed by atoms with Gasteiger partial charge in [-0.1, -0.05) is 36.4 Å². The lowest BCUT2D eigenvalue weighted by molar-refractivity contribution is 0.309. The number of amidine groups is 1. The van der Waals surface area contributed by atoms with Crippen LogP contribution in [0, 0.1) is 5.41 Å². The number of likely N-dealkylation sites (tertiary alicyclic amines) is 1. The molecule has 3 rings (SSSR count). The zero-order chi connectivity index (χ0) is 21.0. The molecule has 9 nitrogen and oxygen atoms in total. The van der Waals surface area contributed by atoms with E-state index in [0.717, 1.165) is 37.1 Å². The molecule has 1 heterocycles. The Morgan fingerprint density at radius 1 is 1.14 bits per heavy atom. The molecule has 2 aromatic rings. The van der Waals surface area contributed by atoms with Gasteiger partial charge in [0.05, 0.1) is 4.90 Å². The smallest absolute Gasteiger partial charge is 0.188 e. The summed E-state index contributed by atoms with van der Waals surface area (Å²) in [5.41, 5.74) is 17.2. The van der Waals surface area contributed by atoms with Crippen molar-refractivity contribution in [1.82, 2.24) is 10.4 Å². The number of nitrogens with zero attached hydrogens (tertiary/aromatic N) is 2. The number of guanidine groups is 1. The van der Waals surface area contributed by atoms with E-state index in [2.05, 4.69) is 22.8 Å². The highest BCUT2D eigenvalue weighted by atomic mass is 32.2. The molecule has 10 N–H and O–H groups in total. The van der Waals surface area contributed by atoms with Gasteiger partial charge < -0.3 is 16.4 Å². The van der Waals surface area contributed by atoms with Crippen LogP contribution in [0.2, 0.25) is 0 Å². The molecule has 0 bridgehead atoms. The Morgan fingerprint density at radius 3 is 2.34 bits per heavy atom. The van der Waals surface area contributed by atoms with Crippen LogP contribution in [-0.4, -0.2) is 34.0 Å². The number of hydrazine groups is 1. The number of hydrazone groups is 1. The molecule has 1 atom stereocenters. The Balaban J connectivity index is 1.91. The molecule has 0 aromatic heterocycles. The van der Waals surface area contributed by atoms with Crippen molar-refractivity contribution in [3.63, 3.8) is 0 Å². The van der Waals surface area contributed by atoms with Crippen molar-refractivity contribution in [3.8, 4) is 11.1 Å². The third-order valence-corrected chi connectivity index (χ3v) is 5.99. The summed E-state index contributed by atoms with van der Waals surface area (Å²) in [5.74, 6) is 5.93. The van der Waals surface area contributed by atoms with Crippen LogP contribution in [0.4, 0.5) is 0 Å². The summed E-state index contributed by atoms with van der Waals surface area (Å²) in [6.45, 7) is 1.57. The van der Waals surface area contributed by atoms with Crippen LogP contribution >= 0.6 is 0 Å². The van der Waals surface area contributed by atoms with Gasteiger partial charge in [-0.05, 0) is 41.5 Å². The summed E-state index contributed by atoms with van der Waals surface area (Å²) in [6, 6.07) is 13.5. The van der Waals surface area contributed by atoms with Gasteiger partial charge in [0.2, 0.25) is 0 Å². The Morgan fingerprint density at radius 2 is 1.79 bits per heavy atom. The summed E-state index contributed by atoms with van der Waals surface area (Å²) in [4.78, 5) is 2.28. The number of nitrogens with one attached hydrogen (secondary N) is 2. The van der Waals surface area contributed by atoms with Crippen molar-refractivity contribution in [3.05, 3.63) is 53.6 Å². The minimum absolute atomic E-state index is 0.109. The average molecular weight is 415 g/mol. The molecule has 1 saturated heterocycles. The van der Waals surface area contributed by atoms with E-state index in [0.29, 0.717) is 16.4 Å². The molecule has 29 heavy (non-hydrogen) atoms. The summed E-state index contributed by atoms with van der Waals surface area (Å²) < 4.78 is 12.0. The van der Waals surface area contributed by atoms with E-state index in [9.17, 15) is 4.21 Å². The second-order valence-corrected chi connectivity index (χ2v) is 7.91. The topological polar surface area (TPSA) is 173 Å². The van der Waals surface area contributed by atoms with E-state index in [-0.39, 0.29) is 11.8 Å². The maximum Gasteiger partial charge on any atom is 0.188 e. The first kappa shape index (κ1) is 20.8. The molecule has 0 saturated carbocycles. The fourth-order valence-corrected chi connectivity index (χ4v) is 4.35. The van der Waals surface area contributed by atoms with E-state index in [1.807, 2.05) is 23.1 Å². The second kappa shape index (κ2) is 9.03. The lowest BCUT2D eigenvalue weighted by atomic mass is 9.88. The molecule has 1 unspecified atom stereocenters. The van der Waals surface area contributed by atoms with E-state index in [4.69, 9.17) is 27.9 Å². The molecule has 2 aromatic carbocycles. The minimum atomic E-state index is -1.73. The van der Waals surface area contributed by atoms with Gasteiger partial charge in [0.25, 0.3) is 0 Å². The van der Waals surface area contributed by atoms with E-state index < -0.39 is 11.0 Å². The lowest BCUT2D eigenvalue weighted by Gasteiger charge is -2.32. The molecule has 0 aliphatic carbocycles. The van der Waals surface area contributed by atoms with Gasteiger partial charge in [-0.3, -0.25) is 5.41 Å². The second-order valence-electron chi connectivity index (χ2n) is 6.87. The van der Waals surface area contributed by atoms with Crippen LogP contribution in [0.15, 0.2) is 52.5 Å². The molecule has 0 radical (unpaired) electrons.